The zero-order valence-corrected chi connectivity index (χ0v) is 12.8. The number of hydrogen-bond donors (Lipinski definition) is 0. The lowest BCUT2D eigenvalue weighted by molar-refractivity contribution is 0.697. The average molecular weight is 454 g/mol. The minimum Gasteiger partial charge on any atom is -0.198 e. The lowest BCUT2D eigenvalue weighted by atomic mass is 10.4. The summed E-state index contributed by atoms with van der Waals surface area (Å²) in [7, 11) is 0. The third kappa shape index (κ3) is 4.24. The highest BCUT2D eigenvalue weighted by Gasteiger charge is 2.04. The van der Waals surface area contributed by atoms with Gasteiger partial charge in [0.25, 0.3) is 0 Å². The van der Waals surface area contributed by atoms with E-state index < -0.39 is 0 Å². The molecule has 0 bridgehead atoms. The molecule has 1 aromatic carbocycles. The third-order valence-corrected chi connectivity index (χ3v) is 5.98. The first-order valence-corrected chi connectivity index (χ1v) is 7.47. The number of hydrogen-bond acceptors (Lipinski definition) is 1. The Morgan fingerprint density at radius 2 is 1.93 bits per heavy atom. The van der Waals surface area contributed by atoms with Crippen LogP contribution in [0.25, 0.3) is 0 Å². The van der Waals surface area contributed by atoms with Crippen molar-refractivity contribution in [2.45, 2.75) is 4.90 Å². The predicted molar refractivity (Wildman–Crippen MR) is 78.4 cm³/mol. The second kappa shape index (κ2) is 6.55. The summed E-state index contributed by atoms with van der Waals surface area (Å²) in [5, 5.41) is 0.532. The van der Waals surface area contributed by atoms with Crippen LogP contribution in [0.4, 0.5) is 4.39 Å². The van der Waals surface area contributed by atoms with Gasteiger partial charge < -0.3 is 0 Å². The van der Waals surface area contributed by atoms with E-state index in [0.29, 0.717) is 9.45 Å². The Labute approximate surface area is 119 Å². The minimum atomic E-state index is -0.137. The van der Waals surface area contributed by atoms with Crippen molar-refractivity contribution in [2.75, 3.05) is 4.43 Å². The Morgan fingerprint density at radius 1 is 1.36 bits per heavy atom. The van der Waals surface area contributed by atoms with E-state index in [2.05, 4.69) is 22.6 Å². The summed E-state index contributed by atoms with van der Waals surface area (Å²) < 4.78 is 14.8. The molecule has 0 heterocycles. The summed E-state index contributed by atoms with van der Waals surface area (Å²) in [6.07, 6.45) is 0. The van der Waals surface area contributed by atoms with Gasteiger partial charge in [-0.25, -0.2) is 0 Å². The largest absolute Gasteiger partial charge is 0.198 e. The molecule has 0 nitrogen and oxygen atoms in total. The maximum Gasteiger partial charge on any atom is 0.171 e. The second-order valence-corrected chi connectivity index (χ2v) is 5.90. The van der Waals surface area contributed by atoms with Crippen LogP contribution in [0.15, 0.2) is 37.9 Å². The van der Waals surface area contributed by atoms with E-state index in [4.69, 9.17) is 11.6 Å². The van der Waals surface area contributed by atoms with Crippen molar-refractivity contribution in [1.29, 1.82) is 0 Å². The van der Waals surface area contributed by atoms with Gasteiger partial charge in [0.1, 0.15) is 0 Å². The number of alkyl halides is 1. The molecule has 0 aliphatic heterocycles. The van der Waals surface area contributed by atoms with Crippen LogP contribution in [-0.4, -0.2) is 4.43 Å². The summed E-state index contributed by atoms with van der Waals surface area (Å²) in [5.41, 5.74) is 0. The van der Waals surface area contributed by atoms with E-state index in [1.54, 1.807) is 12.1 Å². The Kier molecular flexibility index (Phi) is 6.11. The molecule has 0 amide bonds. The molecular formula is C9H6ClFI2S. The Morgan fingerprint density at radius 3 is 2.43 bits per heavy atom. The van der Waals surface area contributed by atoms with Crippen molar-refractivity contribution in [2.24, 2.45) is 0 Å². The van der Waals surface area contributed by atoms with E-state index in [9.17, 15) is 4.39 Å². The fourth-order valence-electron chi connectivity index (χ4n) is 0.714. The van der Waals surface area contributed by atoms with Gasteiger partial charge in [-0.05, 0) is 46.9 Å². The number of thioether (sulfide) groups is 1. The number of rotatable bonds is 3. The Hall–Kier alpha value is 0.990. The van der Waals surface area contributed by atoms with E-state index in [1.807, 2.05) is 34.7 Å². The van der Waals surface area contributed by atoms with Gasteiger partial charge in [0.2, 0.25) is 0 Å². The van der Waals surface area contributed by atoms with Gasteiger partial charge >= 0.3 is 0 Å². The maximum atomic E-state index is 13.4. The monoisotopic (exact) mass is 454 g/mol. The molecule has 0 unspecified atom stereocenters. The van der Waals surface area contributed by atoms with Crippen LogP contribution in [0.2, 0.25) is 5.02 Å². The highest BCUT2D eigenvalue weighted by molar-refractivity contribution is 14.1. The normalized spacial score (nSPS) is 12.6. The fourth-order valence-corrected chi connectivity index (χ4v) is 2.43. The molecule has 0 aliphatic carbocycles. The van der Waals surface area contributed by atoms with Crippen molar-refractivity contribution in [3.63, 3.8) is 0 Å². The van der Waals surface area contributed by atoms with Crippen molar-refractivity contribution in [3.05, 3.63) is 38.0 Å². The lowest BCUT2D eigenvalue weighted by Crippen LogP contribution is -1.76. The molecule has 0 atom stereocenters. The number of benzene rings is 1. The number of allylic oxidation sites excluding steroid dienone is 1. The first kappa shape index (κ1) is 13.1. The first-order valence-electron chi connectivity index (χ1n) is 3.67. The van der Waals surface area contributed by atoms with Crippen molar-refractivity contribution in [3.8, 4) is 0 Å². The average Bonchev–Trinajstić information content (AvgIpc) is 2.20. The summed E-state index contributed by atoms with van der Waals surface area (Å²) in [4.78, 5) is 0.867. The molecule has 0 aromatic heterocycles. The van der Waals surface area contributed by atoms with Gasteiger partial charge in [0.15, 0.2) is 5.16 Å². The van der Waals surface area contributed by atoms with Crippen LogP contribution in [0.1, 0.15) is 0 Å². The molecule has 0 saturated carbocycles. The van der Waals surface area contributed by atoms with Crippen LogP contribution in [0.5, 0.6) is 0 Å². The Bertz CT molecular complexity index is 337. The van der Waals surface area contributed by atoms with Crippen LogP contribution in [0.3, 0.4) is 0 Å². The van der Waals surface area contributed by atoms with Crippen molar-refractivity contribution >= 4 is 68.5 Å². The van der Waals surface area contributed by atoms with Crippen LogP contribution < -0.4 is 0 Å². The van der Waals surface area contributed by atoms with Gasteiger partial charge in [-0.2, -0.15) is 4.39 Å². The fraction of sp³-hybridized carbons (Fsp3) is 0.111. The zero-order chi connectivity index (χ0) is 10.6. The van der Waals surface area contributed by atoms with Gasteiger partial charge in [-0.1, -0.05) is 46.0 Å². The van der Waals surface area contributed by atoms with E-state index in [0.717, 1.165) is 20.2 Å². The topological polar surface area (TPSA) is 0 Å². The van der Waals surface area contributed by atoms with E-state index >= 15 is 0 Å². The SMILES string of the molecule is F/C(Sc1ccc(Cl)cc1)=C(\I)CI. The van der Waals surface area contributed by atoms with E-state index in [-0.39, 0.29) is 5.16 Å². The predicted octanol–water partition coefficient (Wildman–Crippen LogP) is 5.44. The van der Waals surface area contributed by atoms with Crippen molar-refractivity contribution in [1.82, 2.24) is 0 Å². The summed E-state index contributed by atoms with van der Waals surface area (Å²) in [6, 6.07) is 7.13. The minimum absolute atomic E-state index is 0.137. The van der Waals surface area contributed by atoms with Gasteiger partial charge in [-0.3, -0.25) is 0 Å². The highest BCUT2D eigenvalue weighted by Crippen LogP contribution is 2.33. The Balaban J connectivity index is 2.74. The first-order chi connectivity index (χ1) is 6.63. The molecule has 0 radical (unpaired) electrons. The third-order valence-electron chi connectivity index (χ3n) is 1.35. The molecule has 14 heavy (non-hydrogen) atoms. The molecule has 1 aromatic rings. The molecule has 0 N–H and O–H groups in total. The molecule has 0 fully saturated rings. The lowest BCUT2D eigenvalue weighted by Gasteiger charge is -2.00. The molecule has 1 rings (SSSR count). The molecule has 5 heteroatoms. The zero-order valence-electron chi connectivity index (χ0n) is 6.94. The standard InChI is InChI=1S/C9H6ClFI2S/c10-6-1-3-7(4-2-6)14-9(11)8(13)5-12/h1-4H,5H2/b9-8+. The van der Waals surface area contributed by atoms with Gasteiger partial charge in [-0.15, -0.1) is 0 Å². The molecular weight excluding hydrogens is 448 g/mol. The van der Waals surface area contributed by atoms with Crippen LogP contribution >= 0.6 is 68.5 Å². The number of halogens is 4. The molecule has 76 valence electrons. The van der Waals surface area contributed by atoms with Gasteiger partial charge in [0.05, 0.1) is 0 Å². The van der Waals surface area contributed by atoms with Crippen LogP contribution in [-0.2, 0) is 0 Å². The van der Waals surface area contributed by atoms with Crippen LogP contribution in [0, 0.1) is 0 Å². The molecule has 0 aliphatic rings. The van der Waals surface area contributed by atoms with E-state index in [1.165, 1.54) is 0 Å². The molecule has 0 spiro atoms. The van der Waals surface area contributed by atoms with Gasteiger partial charge in [0, 0.05) is 17.9 Å². The second-order valence-electron chi connectivity index (χ2n) is 2.37. The maximum absolute atomic E-state index is 13.4. The quantitative estimate of drug-likeness (QED) is 0.333. The highest BCUT2D eigenvalue weighted by atomic mass is 127. The smallest absolute Gasteiger partial charge is 0.171 e. The van der Waals surface area contributed by atoms with Crippen molar-refractivity contribution < 1.29 is 4.39 Å². The summed E-state index contributed by atoms with van der Waals surface area (Å²) in [5.74, 6) is 0. The summed E-state index contributed by atoms with van der Waals surface area (Å²) >= 11 is 11.0. The molecule has 0 saturated heterocycles. The summed E-state index contributed by atoms with van der Waals surface area (Å²) in [6.45, 7) is 0.